The number of nitrogens with zero attached hydrogens (tertiary/aromatic N) is 1. The summed E-state index contributed by atoms with van der Waals surface area (Å²) in [6, 6.07) is 26.0. The Hall–Kier alpha value is -3.16. The highest BCUT2D eigenvalue weighted by molar-refractivity contribution is 8.07. The highest BCUT2D eigenvalue weighted by Gasteiger charge is 2.57. The summed E-state index contributed by atoms with van der Waals surface area (Å²) >= 11 is 7.55. The molecule has 2 heterocycles. The van der Waals surface area contributed by atoms with E-state index in [0.717, 1.165) is 72.5 Å². The van der Waals surface area contributed by atoms with Gasteiger partial charge in [-0.3, -0.25) is 4.79 Å². The number of urea groups is 1. The van der Waals surface area contributed by atoms with Gasteiger partial charge in [0.05, 0.1) is 51.7 Å². The first-order chi connectivity index (χ1) is 27.9. The standard InChI is InChI=1S/C44H62N3O8PS2/c1-7-28-52-30-31-54-56(57,55-43(2,3)4)53-29-13-9-12-27-45-40(48)18-14-17-39-41-38(32-58-39)47(42(49)46-41)44(33-15-10-8-11-16-33,34-19-23-36(50-5)24-20-34)35-21-25-37(51-6)26-22-35/h8,10-11,15-16,19-26,38-39,41H,7,9,12-14,17-18,27-32H2,1-6H3,(H,45,48)(H,46,49). The van der Waals surface area contributed by atoms with Gasteiger partial charge in [0.25, 0.3) is 0 Å². The van der Waals surface area contributed by atoms with Crippen LogP contribution < -0.4 is 20.1 Å². The molecule has 2 fully saturated rings. The first-order valence-electron chi connectivity index (χ1n) is 20.4. The van der Waals surface area contributed by atoms with Crippen molar-refractivity contribution in [3.63, 3.8) is 0 Å². The first-order valence-corrected chi connectivity index (χ1v) is 24.0. The number of unbranched alkanes of at least 4 members (excludes halogenated alkanes) is 2. The fraction of sp³-hybridized carbons (Fsp3) is 0.545. The number of nitrogens with one attached hydrogen (secondary N) is 2. The number of amides is 3. The van der Waals surface area contributed by atoms with Crippen molar-refractivity contribution in [2.45, 2.75) is 101 Å². The average Bonchev–Trinajstić information content (AvgIpc) is 3.75. The fourth-order valence-corrected chi connectivity index (χ4v) is 11.8. The van der Waals surface area contributed by atoms with Crippen molar-refractivity contribution < 1.29 is 37.4 Å². The van der Waals surface area contributed by atoms with Crippen LogP contribution in [0.25, 0.3) is 0 Å². The second kappa shape index (κ2) is 21.9. The number of rotatable bonds is 24. The molecule has 2 N–H and O–H groups in total. The van der Waals surface area contributed by atoms with Crippen LogP contribution in [0.4, 0.5) is 4.79 Å². The third-order valence-electron chi connectivity index (χ3n) is 10.2. The van der Waals surface area contributed by atoms with Gasteiger partial charge >= 0.3 is 12.7 Å². The third kappa shape index (κ3) is 12.0. The van der Waals surface area contributed by atoms with Crippen LogP contribution in [0.3, 0.4) is 0 Å². The predicted octanol–water partition coefficient (Wildman–Crippen LogP) is 8.83. The van der Waals surface area contributed by atoms with Crippen LogP contribution in [0, 0.1) is 0 Å². The number of hydrogen-bond acceptors (Lipinski definition) is 10. The number of fused-ring (bicyclic) bond motifs is 1. The number of hydrogen-bond donors (Lipinski definition) is 2. The molecule has 2 aliphatic rings. The lowest BCUT2D eigenvalue weighted by Crippen LogP contribution is -2.53. The minimum absolute atomic E-state index is 0.0442. The molecule has 4 unspecified atom stereocenters. The molecule has 0 bridgehead atoms. The molecule has 58 heavy (non-hydrogen) atoms. The van der Waals surface area contributed by atoms with E-state index in [2.05, 4.69) is 58.9 Å². The van der Waals surface area contributed by atoms with E-state index in [0.29, 0.717) is 39.4 Å². The molecule has 0 radical (unpaired) electrons. The zero-order chi connectivity index (χ0) is 41.6. The van der Waals surface area contributed by atoms with E-state index in [-0.39, 0.29) is 29.3 Å². The van der Waals surface area contributed by atoms with E-state index in [4.69, 9.17) is 39.6 Å². The molecule has 3 aromatic carbocycles. The minimum atomic E-state index is -2.91. The molecule has 2 saturated heterocycles. The highest BCUT2D eigenvalue weighted by Crippen LogP contribution is 2.53. The molecule has 3 amide bonds. The Morgan fingerprint density at radius 3 is 2.07 bits per heavy atom. The minimum Gasteiger partial charge on any atom is -0.497 e. The van der Waals surface area contributed by atoms with Gasteiger partial charge in [-0.15, -0.1) is 0 Å². The van der Waals surface area contributed by atoms with Crippen LogP contribution in [0.2, 0.25) is 0 Å². The molecule has 5 rings (SSSR count). The van der Waals surface area contributed by atoms with Gasteiger partial charge < -0.3 is 43.3 Å². The predicted molar refractivity (Wildman–Crippen MR) is 235 cm³/mol. The van der Waals surface area contributed by atoms with Crippen molar-refractivity contribution >= 4 is 42.2 Å². The second-order valence-corrected chi connectivity index (χ2v) is 19.8. The lowest BCUT2D eigenvalue weighted by Gasteiger charge is -2.45. The first kappa shape index (κ1) is 45.9. The number of thioether (sulfide) groups is 1. The fourth-order valence-electron chi connectivity index (χ4n) is 7.63. The van der Waals surface area contributed by atoms with E-state index in [1.165, 1.54) is 0 Å². The Morgan fingerprint density at radius 1 is 0.845 bits per heavy atom. The summed E-state index contributed by atoms with van der Waals surface area (Å²) in [4.78, 5) is 29.3. The lowest BCUT2D eigenvalue weighted by molar-refractivity contribution is -0.121. The normalized spacial score (nSPS) is 19.0. The van der Waals surface area contributed by atoms with Gasteiger partial charge in [0.1, 0.15) is 17.0 Å². The molecule has 3 aromatic rings. The topological polar surface area (TPSA) is 117 Å². The van der Waals surface area contributed by atoms with E-state index in [1.807, 2.05) is 75.0 Å². The summed E-state index contributed by atoms with van der Waals surface area (Å²) in [5.41, 5.74) is 1.48. The largest absolute Gasteiger partial charge is 0.497 e. The van der Waals surface area contributed by atoms with Crippen LogP contribution >= 0.6 is 18.5 Å². The van der Waals surface area contributed by atoms with Crippen molar-refractivity contribution in [2.24, 2.45) is 0 Å². The highest BCUT2D eigenvalue weighted by atomic mass is 32.5. The van der Waals surface area contributed by atoms with Crippen molar-refractivity contribution in [3.8, 4) is 11.5 Å². The second-order valence-electron chi connectivity index (χ2n) is 15.6. The molecule has 318 valence electrons. The Labute approximate surface area is 354 Å². The lowest BCUT2D eigenvalue weighted by atomic mass is 9.74. The van der Waals surface area contributed by atoms with E-state index >= 15 is 0 Å². The average molecular weight is 856 g/mol. The van der Waals surface area contributed by atoms with Gasteiger partial charge in [0, 0.05) is 30.6 Å². The van der Waals surface area contributed by atoms with Crippen molar-refractivity contribution in [2.75, 3.05) is 52.9 Å². The molecule has 4 atom stereocenters. The molecule has 0 aliphatic carbocycles. The van der Waals surface area contributed by atoms with Gasteiger partial charge in [-0.1, -0.05) is 61.5 Å². The van der Waals surface area contributed by atoms with Crippen LogP contribution in [-0.4, -0.2) is 92.7 Å². The van der Waals surface area contributed by atoms with E-state index in [9.17, 15) is 9.59 Å². The van der Waals surface area contributed by atoms with Gasteiger partial charge in [0.2, 0.25) is 5.91 Å². The van der Waals surface area contributed by atoms with Gasteiger partial charge in [0.15, 0.2) is 0 Å². The van der Waals surface area contributed by atoms with E-state index < -0.39 is 17.9 Å². The third-order valence-corrected chi connectivity index (χ3v) is 14.3. The molecule has 0 aromatic heterocycles. The Kier molecular flexibility index (Phi) is 17.3. The van der Waals surface area contributed by atoms with Crippen molar-refractivity contribution in [1.29, 1.82) is 0 Å². The van der Waals surface area contributed by atoms with Crippen molar-refractivity contribution in [3.05, 3.63) is 95.6 Å². The maximum absolute atomic E-state index is 14.4. The molecular formula is C44H62N3O8PS2. The summed E-state index contributed by atoms with van der Waals surface area (Å²) in [7, 11) is 3.31. The Bertz CT molecular complexity index is 1730. The molecule has 0 saturated carbocycles. The zero-order valence-electron chi connectivity index (χ0n) is 34.9. The van der Waals surface area contributed by atoms with Gasteiger partial charge in [-0.05, 0) is 112 Å². The summed E-state index contributed by atoms with van der Waals surface area (Å²) in [6.07, 6.45) is 5.43. The molecule has 14 heteroatoms. The quantitative estimate of drug-likeness (QED) is 0.0392. The monoisotopic (exact) mass is 855 g/mol. The molecule has 0 spiro atoms. The summed E-state index contributed by atoms with van der Waals surface area (Å²) in [6.45, 7) is 7.45. The van der Waals surface area contributed by atoms with Crippen molar-refractivity contribution in [1.82, 2.24) is 15.5 Å². The van der Waals surface area contributed by atoms with Crippen LogP contribution in [0.5, 0.6) is 11.5 Å². The number of carbonyl (C=O) groups is 2. The number of carbonyl (C=O) groups excluding carboxylic acids is 2. The molecule has 11 nitrogen and oxygen atoms in total. The molecule has 2 aliphatic heterocycles. The van der Waals surface area contributed by atoms with Crippen LogP contribution in [0.1, 0.15) is 89.3 Å². The maximum atomic E-state index is 14.4. The zero-order valence-corrected chi connectivity index (χ0v) is 37.4. The SMILES string of the molecule is CCCOCCOP(=S)(OCCCCCNC(=O)CCCC1SCC2C1NC(=O)N2C(c1ccccc1)(c1ccc(OC)cc1)c1ccc(OC)cc1)OC(C)(C)C. The van der Waals surface area contributed by atoms with E-state index in [1.54, 1.807) is 14.2 Å². The number of benzene rings is 3. The van der Waals surface area contributed by atoms with Gasteiger partial charge in [-0.2, -0.15) is 11.8 Å². The molecular weight excluding hydrogens is 794 g/mol. The summed E-state index contributed by atoms with van der Waals surface area (Å²) in [5, 5.41) is 6.65. The maximum Gasteiger partial charge on any atom is 0.327 e. The Balaban J connectivity index is 1.14. The summed E-state index contributed by atoms with van der Waals surface area (Å²) < 4.78 is 34.5. The number of ether oxygens (including phenoxy) is 3. The Morgan fingerprint density at radius 2 is 1.47 bits per heavy atom. The smallest absolute Gasteiger partial charge is 0.327 e. The van der Waals surface area contributed by atoms with Gasteiger partial charge in [-0.25, -0.2) is 4.79 Å². The number of methoxy groups -OCH3 is 2. The summed E-state index contributed by atoms with van der Waals surface area (Å²) in [5.74, 6) is 2.31. The van der Waals surface area contributed by atoms with Crippen LogP contribution in [-0.2, 0) is 40.4 Å². The van der Waals surface area contributed by atoms with Crippen LogP contribution in [0.15, 0.2) is 78.9 Å².